The zero-order valence-electron chi connectivity index (χ0n) is 15.9. The van der Waals surface area contributed by atoms with Gasteiger partial charge in [-0.15, -0.1) is 0 Å². The molecular weight excluding hydrogens is 366 g/mol. The number of hydrogen-bond donors (Lipinski definition) is 0. The molecule has 0 N–H and O–H groups in total. The number of allylic oxidation sites excluding steroid dienone is 1. The lowest BCUT2D eigenvalue weighted by Gasteiger charge is -2.08. The van der Waals surface area contributed by atoms with Crippen LogP contribution in [0.1, 0.15) is 11.1 Å². The highest BCUT2D eigenvalue weighted by molar-refractivity contribution is 5.91. The predicted molar refractivity (Wildman–Crippen MR) is 110 cm³/mol. The lowest BCUT2D eigenvalue weighted by atomic mass is 10.0. The first-order chi connectivity index (χ1) is 14.2. The third-order valence-electron chi connectivity index (χ3n) is 4.02. The molecule has 0 aliphatic heterocycles. The Kier molecular flexibility index (Phi) is 6.64. The first-order valence-corrected chi connectivity index (χ1v) is 8.93. The van der Waals surface area contributed by atoms with Gasteiger partial charge in [0, 0.05) is 5.56 Å². The number of carbonyl (C=O) groups excluding carboxylic acids is 1. The zero-order valence-corrected chi connectivity index (χ0v) is 15.9. The number of nitriles is 1. The van der Waals surface area contributed by atoms with Crippen LogP contribution in [0.3, 0.4) is 0 Å². The van der Waals surface area contributed by atoms with Gasteiger partial charge in [0.05, 0.1) is 18.8 Å². The highest BCUT2D eigenvalue weighted by atomic mass is 16.6. The molecule has 0 fully saturated rings. The summed E-state index contributed by atoms with van der Waals surface area (Å²) in [6.07, 6.45) is 1.72. The molecule has 0 aliphatic carbocycles. The van der Waals surface area contributed by atoms with E-state index in [0.717, 1.165) is 5.56 Å². The molecule has 0 aromatic heterocycles. The minimum Gasteiger partial charge on any atom is -0.496 e. The summed E-state index contributed by atoms with van der Waals surface area (Å²) in [5.74, 6) is 1.07. The van der Waals surface area contributed by atoms with Crippen molar-refractivity contribution in [2.75, 3.05) is 13.7 Å². The Balaban J connectivity index is 1.72. The van der Waals surface area contributed by atoms with Crippen LogP contribution in [0.15, 0.2) is 78.9 Å². The fourth-order valence-corrected chi connectivity index (χ4v) is 2.69. The number of para-hydroxylation sites is 2. The first-order valence-electron chi connectivity index (χ1n) is 8.93. The summed E-state index contributed by atoms with van der Waals surface area (Å²) >= 11 is 0. The molecule has 3 rings (SSSR count). The second kappa shape index (κ2) is 9.77. The zero-order chi connectivity index (χ0) is 20.5. The Morgan fingerprint density at radius 1 is 0.966 bits per heavy atom. The maximum absolute atomic E-state index is 12.0. The molecule has 0 aliphatic rings. The monoisotopic (exact) mass is 385 g/mol. The number of methoxy groups -OCH3 is 1. The van der Waals surface area contributed by atoms with E-state index in [1.807, 2.05) is 42.5 Å². The molecule has 0 radical (unpaired) electrons. The van der Waals surface area contributed by atoms with E-state index in [2.05, 4.69) is 6.07 Å². The Morgan fingerprint density at radius 3 is 2.45 bits per heavy atom. The molecule has 0 bridgehead atoms. The molecule has 144 valence electrons. The van der Waals surface area contributed by atoms with Crippen molar-refractivity contribution in [2.24, 2.45) is 0 Å². The van der Waals surface area contributed by atoms with Gasteiger partial charge in [0.15, 0.2) is 6.61 Å². The average molecular weight is 385 g/mol. The van der Waals surface area contributed by atoms with E-state index in [4.69, 9.17) is 14.2 Å². The van der Waals surface area contributed by atoms with Crippen LogP contribution in [-0.4, -0.2) is 19.7 Å². The molecular formula is C24H19NO4. The third kappa shape index (κ3) is 5.47. The molecule has 29 heavy (non-hydrogen) atoms. The highest BCUT2D eigenvalue weighted by Crippen LogP contribution is 2.27. The van der Waals surface area contributed by atoms with Crippen LogP contribution in [0.4, 0.5) is 0 Å². The molecule has 0 spiro atoms. The number of ether oxygens (including phenoxy) is 3. The first kappa shape index (κ1) is 19.7. The van der Waals surface area contributed by atoms with Crippen LogP contribution in [0.5, 0.6) is 17.2 Å². The van der Waals surface area contributed by atoms with Crippen LogP contribution in [0, 0.1) is 11.3 Å². The predicted octanol–water partition coefficient (Wildman–Crippen LogP) is 4.74. The maximum atomic E-state index is 12.0. The fraction of sp³-hybridized carbons (Fsp3) is 0.0833. The second-order valence-corrected chi connectivity index (χ2v) is 6.02. The molecule has 0 amide bonds. The van der Waals surface area contributed by atoms with E-state index < -0.39 is 5.97 Å². The molecule has 0 saturated carbocycles. The van der Waals surface area contributed by atoms with Gasteiger partial charge in [-0.1, -0.05) is 42.5 Å². The lowest BCUT2D eigenvalue weighted by Crippen LogP contribution is -2.17. The molecule has 3 aromatic carbocycles. The van der Waals surface area contributed by atoms with Gasteiger partial charge < -0.3 is 14.2 Å². The maximum Gasteiger partial charge on any atom is 0.349 e. The van der Waals surface area contributed by atoms with E-state index >= 15 is 0 Å². The minimum atomic E-state index is -0.514. The molecule has 5 heteroatoms. The van der Waals surface area contributed by atoms with E-state index in [-0.39, 0.29) is 6.61 Å². The number of hydrogen-bond acceptors (Lipinski definition) is 5. The Morgan fingerprint density at radius 2 is 1.69 bits per heavy atom. The van der Waals surface area contributed by atoms with Gasteiger partial charge in [0.2, 0.25) is 0 Å². The van der Waals surface area contributed by atoms with Crippen molar-refractivity contribution >= 4 is 17.6 Å². The van der Waals surface area contributed by atoms with Crippen molar-refractivity contribution in [1.29, 1.82) is 5.26 Å². The number of esters is 1. The van der Waals surface area contributed by atoms with Crippen molar-refractivity contribution < 1.29 is 19.0 Å². The van der Waals surface area contributed by atoms with Crippen molar-refractivity contribution in [1.82, 2.24) is 0 Å². The average Bonchev–Trinajstić information content (AvgIpc) is 2.77. The summed E-state index contributed by atoms with van der Waals surface area (Å²) in [5.41, 5.74) is 1.86. The topological polar surface area (TPSA) is 68.5 Å². The summed E-state index contributed by atoms with van der Waals surface area (Å²) in [7, 11) is 1.56. The molecule has 0 heterocycles. The smallest absolute Gasteiger partial charge is 0.349 e. The van der Waals surface area contributed by atoms with Gasteiger partial charge in [-0.25, -0.2) is 4.79 Å². The molecule has 0 unspecified atom stereocenters. The van der Waals surface area contributed by atoms with Crippen molar-refractivity contribution in [3.05, 3.63) is 90.0 Å². The van der Waals surface area contributed by atoms with Crippen LogP contribution < -0.4 is 14.2 Å². The quantitative estimate of drug-likeness (QED) is 0.254. The molecule has 0 saturated heterocycles. The summed E-state index contributed by atoms with van der Waals surface area (Å²) < 4.78 is 16.1. The fourth-order valence-electron chi connectivity index (χ4n) is 2.69. The minimum absolute atomic E-state index is 0.200. The van der Waals surface area contributed by atoms with E-state index in [1.54, 1.807) is 49.6 Å². The Labute approximate surface area is 169 Å². The van der Waals surface area contributed by atoms with Gasteiger partial charge in [-0.3, -0.25) is 0 Å². The van der Waals surface area contributed by atoms with E-state index in [1.165, 1.54) is 0 Å². The van der Waals surface area contributed by atoms with Gasteiger partial charge in [0.1, 0.15) is 17.2 Å². The van der Waals surface area contributed by atoms with Crippen LogP contribution in [-0.2, 0) is 4.79 Å². The van der Waals surface area contributed by atoms with Crippen LogP contribution >= 0.6 is 0 Å². The number of rotatable bonds is 7. The van der Waals surface area contributed by atoms with Gasteiger partial charge in [-0.2, -0.15) is 5.26 Å². The normalized spacial score (nSPS) is 10.7. The van der Waals surface area contributed by atoms with Crippen molar-refractivity contribution in [3.63, 3.8) is 0 Å². The molecule has 0 atom stereocenters. The van der Waals surface area contributed by atoms with Crippen molar-refractivity contribution in [2.45, 2.75) is 0 Å². The Hall–Kier alpha value is -4.04. The van der Waals surface area contributed by atoms with Gasteiger partial charge >= 0.3 is 5.97 Å². The molecule has 3 aromatic rings. The van der Waals surface area contributed by atoms with Crippen LogP contribution in [0.2, 0.25) is 0 Å². The van der Waals surface area contributed by atoms with Crippen LogP contribution in [0.25, 0.3) is 11.6 Å². The van der Waals surface area contributed by atoms with E-state index in [0.29, 0.717) is 28.4 Å². The van der Waals surface area contributed by atoms with Gasteiger partial charge in [0.25, 0.3) is 0 Å². The molecule has 5 nitrogen and oxygen atoms in total. The summed E-state index contributed by atoms with van der Waals surface area (Å²) in [6, 6.07) is 25.5. The van der Waals surface area contributed by atoms with Gasteiger partial charge in [-0.05, 0) is 48.0 Å². The third-order valence-corrected chi connectivity index (χ3v) is 4.02. The number of carbonyl (C=O) groups is 1. The SMILES string of the molecule is COc1ccccc1/C(C#N)=C\c1cccc(OC(=O)COc2ccccc2)c1. The summed E-state index contributed by atoms with van der Waals surface area (Å²) in [4.78, 5) is 12.0. The number of benzene rings is 3. The second-order valence-electron chi connectivity index (χ2n) is 6.02. The summed E-state index contributed by atoms with van der Waals surface area (Å²) in [5, 5.41) is 9.58. The standard InChI is InChI=1S/C24H19NO4/c1-27-23-13-6-5-12-22(23)19(16-25)14-18-8-7-11-21(15-18)29-24(26)17-28-20-9-3-2-4-10-20/h2-15H,17H2,1H3/b19-14-. The lowest BCUT2D eigenvalue weighted by molar-refractivity contribution is -0.136. The largest absolute Gasteiger partial charge is 0.496 e. The van der Waals surface area contributed by atoms with E-state index in [9.17, 15) is 10.1 Å². The summed E-state index contributed by atoms with van der Waals surface area (Å²) in [6.45, 7) is -0.200. The van der Waals surface area contributed by atoms with Crippen molar-refractivity contribution in [3.8, 4) is 23.3 Å². The highest BCUT2D eigenvalue weighted by Gasteiger charge is 2.09. The Bertz CT molecular complexity index is 1050. The number of nitrogens with zero attached hydrogens (tertiary/aromatic N) is 1.